The van der Waals surface area contributed by atoms with Crippen molar-refractivity contribution in [3.05, 3.63) is 0 Å². The van der Waals surface area contributed by atoms with Crippen molar-refractivity contribution in [1.82, 2.24) is 0 Å². The molecule has 0 aromatic heterocycles. The molecular weight excluding hydrogens is 495 g/mol. The van der Waals surface area contributed by atoms with Crippen LogP contribution in [0.25, 0.3) is 0 Å². The Hall–Kier alpha value is 0.510. The van der Waals surface area contributed by atoms with E-state index in [1.165, 1.54) is 83.5 Å². The molecule has 1 N–H and O–H groups in total. The van der Waals surface area contributed by atoms with Crippen LogP contribution in [-0.4, -0.2) is 48.9 Å². The van der Waals surface area contributed by atoms with E-state index < -0.39 is 7.82 Å². The second kappa shape index (κ2) is 20.8. The highest BCUT2D eigenvalue weighted by atomic mass is 79.9. The molecule has 0 spiro atoms. The molecule has 0 aromatic carbocycles. The zero-order valence-corrected chi connectivity index (χ0v) is 22.8. The maximum Gasteiger partial charge on any atom is 0.472 e. The molecule has 0 radical (unpaired) electrons. The van der Waals surface area contributed by atoms with Crippen LogP contribution >= 0.6 is 23.8 Å². The first-order valence-electron chi connectivity index (χ1n) is 13.0. The molecule has 32 heavy (non-hydrogen) atoms. The molecule has 0 aromatic rings. The van der Waals surface area contributed by atoms with Crippen LogP contribution in [0.1, 0.15) is 110 Å². The summed E-state index contributed by atoms with van der Waals surface area (Å²) in [5, 5.41) is 0.478. The lowest BCUT2D eigenvalue weighted by Crippen LogP contribution is -2.39. The highest BCUT2D eigenvalue weighted by molar-refractivity contribution is 9.09. The van der Waals surface area contributed by atoms with Crippen LogP contribution in [0.5, 0.6) is 0 Å². The molecule has 8 heteroatoms. The van der Waals surface area contributed by atoms with Crippen molar-refractivity contribution >= 4 is 23.8 Å². The smallest absolute Gasteiger partial charge is 0.375 e. The van der Waals surface area contributed by atoms with Gasteiger partial charge in [-0.1, -0.05) is 106 Å². The van der Waals surface area contributed by atoms with Crippen molar-refractivity contribution in [2.45, 2.75) is 122 Å². The topological polar surface area (TPSA) is 74.2 Å². The number of rotatable bonds is 22. The van der Waals surface area contributed by atoms with Crippen molar-refractivity contribution < 1.29 is 28.0 Å². The zero-order valence-electron chi connectivity index (χ0n) is 20.3. The molecule has 3 atom stereocenters. The summed E-state index contributed by atoms with van der Waals surface area (Å²) in [6.07, 6.45) is 20.2. The highest BCUT2D eigenvalue weighted by Crippen LogP contribution is 2.43. The van der Waals surface area contributed by atoms with Gasteiger partial charge in [-0.15, -0.1) is 0 Å². The molecule has 0 amide bonds. The van der Waals surface area contributed by atoms with Crippen molar-refractivity contribution in [3.8, 4) is 0 Å². The maximum atomic E-state index is 11.8. The molecule has 1 unspecified atom stereocenters. The van der Waals surface area contributed by atoms with Crippen LogP contribution in [0.2, 0.25) is 0 Å². The summed E-state index contributed by atoms with van der Waals surface area (Å²) in [6.45, 7) is 3.75. The molecule has 6 nitrogen and oxygen atoms in total. The Balaban J connectivity index is 1.98. The van der Waals surface area contributed by atoms with Crippen molar-refractivity contribution in [2.24, 2.45) is 0 Å². The zero-order chi connectivity index (χ0) is 23.3. The molecule has 1 aliphatic rings. The van der Waals surface area contributed by atoms with Gasteiger partial charge in [0, 0.05) is 18.5 Å². The van der Waals surface area contributed by atoms with Gasteiger partial charge in [0.2, 0.25) is 0 Å². The van der Waals surface area contributed by atoms with Gasteiger partial charge >= 0.3 is 7.82 Å². The summed E-state index contributed by atoms with van der Waals surface area (Å²) in [5.74, 6) is 0. The Morgan fingerprint density at radius 3 is 2.00 bits per heavy atom. The van der Waals surface area contributed by atoms with Gasteiger partial charge in [-0.3, -0.25) is 9.05 Å². The van der Waals surface area contributed by atoms with Crippen molar-refractivity contribution in [1.29, 1.82) is 0 Å². The number of ether oxygens (including phenoxy) is 2. The number of phosphoric acid groups is 1. The third-order valence-corrected chi connectivity index (χ3v) is 7.25. The lowest BCUT2D eigenvalue weighted by molar-refractivity contribution is -0.121. The van der Waals surface area contributed by atoms with Crippen LogP contribution in [-0.2, 0) is 23.1 Å². The summed E-state index contributed by atoms with van der Waals surface area (Å²) in [7, 11) is -4.03. The predicted molar refractivity (Wildman–Crippen MR) is 135 cm³/mol. The van der Waals surface area contributed by atoms with Gasteiger partial charge in [-0.2, -0.15) is 0 Å². The minimum atomic E-state index is -4.03. The first-order valence-corrected chi connectivity index (χ1v) is 15.6. The molecule has 0 saturated carbocycles. The van der Waals surface area contributed by atoms with Crippen LogP contribution in [0.15, 0.2) is 0 Å². The quantitative estimate of drug-likeness (QED) is 0.0863. The summed E-state index contributed by atoms with van der Waals surface area (Å²) in [5.41, 5.74) is 0. The molecule has 1 heterocycles. The largest absolute Gasteiger partial charge is 0.472 e. The summed E-state index contributed by atoms with van der Waals surface area (Å²) in [4.78, 5) is 9.67. The Labute approximate surface area is 205 Å². The van der Waals surface area contributed by atoms with Crippen LogP contribution < -0.4 is 0 Å². The Bertz CT molecular complexity index is 468. The van der Waals surface area contributed by atoms with E-state index in [4.69, 9.17) is 18.5 Å². The fourth-order valence-corrected chi connectivity index (χ4v) is 5.19. The third-order valence-electron chi connectivity index (χ3n) is 5.94. The highest BCUT2D eigenvalue weighted by Gasteiger charge is 2.30. The monoisotopic (exact) mass is 542 g/mol. The Morgan fingerprint density at radius 1 is 0.875 bits per heavy atom. The van der Waals surface area contributed by atoms with E-state index in [0.717, 1.165) is 19.3 Å². The first kappa shape index (κ1) is 30.5. The Morgan fingerprint density at radius 2 is 1.44 bits per heavy atom. The third kappa shape index (κ3) is 17.0. The molecule has 192 valence electrons. The van der Waals surface area contributed by atoms with Gasteiger partial charge in [-0.25, -0.2) is 4.57 Å². The average Bonchev–Trinajstić information content (AvgIpc) is 2.79. The van der Waals surface area contributed by atoms with Crippen molar-refractivity contribution in [3.63, 3.8) is 0 Å². The standard InChI is InChI=1S/C24H48BrO6P/c1-2-3-4-5-6-7-8-9-10-11-12-13-14-15-19-28-23-17-16-20-29-24(23)22-31-32(26,27)30-21-18-25/h23-24H,2-22H2,1H3,(H,26,27)/t23-,24+/m1/s1. The minimum Gasteiger partial charge on any atom is -0.375 e. The van der Waals surface area contributed by atoms with Gasteiger partial charge in [0.25, 0.3) is 0 Å². The minimum absolute atomic E-state index is 0.0134. The number of halogens is 1. The van der Waals surface area contributed by atoms with Gasteiger partial charge in [-0.05, 0) is 19.3 Å². The van der Waals surface area contributed by atoms with E-state index in [2.05, 4.69) is 22.9 Å². The fraction of sp³-hybridized carbons (Fsp3) is 1.00. The van der Waals surface area contributed by atoms with E-state index >= 15 is 0 Å². The number of hydrogen-bond donors (Lipinski definition) is 1. The Kier molecular flexibility index (Phi) is 19.9. The molecule has 1 rings (SSSR count). The molecule has 1 fully saturated rings. The summed E-state index contributed by atoms with van der Waals surface area (Å²) >= 11 is 3.16. The molecule has 1 aliphatic heterocycles. The normalized spacial score (nSPS) is 21.0. The number of phosphoric ester groups is 1. The number of unbranched alkanes of at least 4 members (excludes halogenated alkanes) is 13. The van der Waals surface area contributed by atoms with E-state index in [0.29, 0.717) is 18.5 Å². The van der Waals surface area contributed by atoms with Crippen LogP contribution in [0, 0.1) is 0 Å². The molecule has 1 saturated heterocycles. The SMILES string of the molecule is CCCCCCCCCCCCCCCCO[C@@H]1CCCO[C@H]1COP(=O)(O)OCCBr. The average molecular weight is 544 g/mol. The van der Waals surface area contributed by atoms with Gasteiger partial charge in [0.05, 0.1) is 19.3 Å². The van der Waals surface area contributed by atoms with E-state index in [9.17, 15) is 9.46 Å². The fourth-order valence-electron chi connectivity index (χ4n) is 4.04. The summed E-state index contributed by atoms with van der Waals surface area (Å²) in [6, 6.07) is 0. The number of hydrogen-bond acceptors (Lipinski definition) is 5. The number of alkyl halides is 1. The predicted octanol–water partition coefficient (Wildman–Crippen LogP) is 7.56. The van der Waals surface area contributed by atoms with Gasteiger partial charge in [0.1, 0.15) is 6.10 Å². The van der Waals surface area contributed by atoms with E-state index in [1.807, 2.05) is 0 Å². The van der Waals surface area contributed by atoms with Crippen molar-refractivity contribution in [2.75, 3.05) is 31.8 Å². The van der Waals surface area contributed by atoms with E-state index in [1.54, 1.807) is 0 Å². The molecular formula is C24H48BrO6P. The summed E-state index contributed by atoms with van der Waals surface area (Å²) < 4.78 is 33.5. The first-order chi connectivity index (χ1) is 15.6. The van der Waals surface area contributed by atoms with E-state index in [-0.39, 0.29) is 25.4 Å². The lowest BCUT2D eigenvalue weighted by atomic mass is 10.0. The van der Waals surface area contributed by atoms with Gasteiger partial charge < -0.3 is 14.4 Å². The van der Waals surface area contributed by atoms with Crippen LogP contribution in [0.3, 0.4) is 0 Å². The molecule has 0 bridgehead atoms. The maximum absolute atomic E-state index is 11.8. The van der Waals surface area contributed by atoms with Crippen LogP contribution in [0.4, 0.5) is 0 Å². The second-order valence-corrected chi connectivity index (χ2v) is 11.1. The lowest BCUT2D eigenvalue weighted by Gasteiger charge is -2.31. The second-order valence-electron chi connectivity index (χ2n) is 8.84. The van der Waals surface area contributed by atoms with Gasteiger partial charge in [0.15, 0.2) is 0 Å². The molecule has 0 aliphatic carbocycles.